The Bertz CT molecular complexity index is 444. The molecule has 3 rings (SSSR count). The molecule has 21 heavy (non-hydrogen) atoms. The van der Waals surface area contributed by atoms with Crippen LogP contribution in [0.4, 0.5) is 0 Å². The number of piperazine rings is 1. The van der Waals surface area contributed by atoms with Crippen molar-refractivity contribution in [2.45, 2.75) is 24.9 Å². The Labute approximate surface area is 133 Å². The average molecular weight is 302 g/mol. The second-order valence-corrected chi connectivity index (χ2v) is 7.29. The zero-order chi connectivity index (χ0) is 14.5. The highest BCUT2D eigenvalue weighted by Crippen LogP contribution is 2.36. The first-order chi connectivity index (χ1) is 10.4. The van der Waals surface area contributed by atoms with E-state index in [0.717, 1.165) is 24.3 Å². The van der Waals surface area contributed by atoms with Crippen LogP contribution in [0.25, 0.3) is 0 Å². The van der Waals surface area contributed by atoms with Crippen molar-refractivity contribution in [3.63, 3.8) is 0 Å². The van der Waals surface area contributed by atoms with Gasteiger partial charge in [-0.25, -0.2) is 0 Å². The second-order valence-electron chi connectivity index (χ2n) is 6.14. The second kappa shape index (κ2) is 7.48. The lowest BCUT2D eigenvalue weighted by Gasteiger charge is -2.41. The summed E-state index contributed by atoms with van der Waals surface area (Å²) in [6.07, 6.45) is 4.85. The highest BCUT2D eigenvalue weighted by Gasteiger charge is 2.37. The predicted molar refractivity (Wildman–Crippen MR) is 92.8 cm³/mol. The van der Waals surface area contributed by atoms with E-state index in [1.165, 1.54) is 37.2 Å². The van der Waals surface area contributed by atoms with E-state index in [2.05, 4.69) is 47.1 Å². The summed E-state index contributed by atoms with van der Waals surface area (Å²) >= 11 is 1.99. The van der Waals surface area contributed by atoms with Crippen molar-refractivity contribution < 1.29 is 0 Å². The molecule has 0 amide bonds. The molecular weight excluding hydrogens is 276 g/mol. The summed E-state index contributed by atoms with van der Waals surface area (Å²) in [6, 6.07) is 12.2. The molecule has 0 spiro atoms. The quantitative estimate of drug-likeness (QED) is 0.614. The highest BCUT2D eigenvalue weighted by atomic mass is 32.2. The van der Waals surface area contributed by atoms with Gasteiger partial charge in [-0.05, 0) is 24.3 Å². The van der Waals surface area contributed by atoms with Crippen LogP contribution in [0.15, 0.2) is 43.0 Å². The van der Waals surface area contributed by atoms with Crippen molar-refractivity contribution in [3.8, 4) is 0 Å². The van der Waals surface area contributed by atoms with Gasteiger partial charge in [-0.3, -0.25) is 4.90 Å². The number of hydrogen-bond acceptors (Lipinski definition) is 3. The highest BCUT2D eigenvalue weighted by molar-refractivity contribution is 7.99. The fourth-order valence-corrected chi connectivity index (χ4v) is 3.95. The smallest absolute Gasteiger partial charge is 0.0473 e. The molecule has 0 bridgehead atoms. The van der Waals surface area contributed by atoms with Crippen LogP contribution in [0.5, 0.6) is 0 Å². The van der Waals surface area contributed by atoms with E-state index < -0.39 is 0 Å². The van der Waals surface area contributed by atoms with Gasteiger partial charge in [-0.1, -0.05) is 36.4 Å². The fourth-order valence-electron chi connectivity index (χ4n) is 3.25. The number of nitrogens with one attached hydrogen (secondary N) is 1. The molecule has 1 aromatic rings. The van der Waals surface area contributed by atoms with Gasteiger partial charge in [-0.2, -0.15) is 11.8 Å². The molecule has 2 atom stereocenters. The molecule has 2 unspecified atom stereocenters. The van der Waals surface area contributed by atoms with Crippen LogP contribution < -0.4 is 5.32 Å². The summed E-state index contributed by atoms with van der Waals surface area (Å²) in [5.41, 5.74) is 1.45. The number of thioether (sulfide) groups is 1. The Hall–Kier alpha value is -0.770. The molecule has 2 nitrogen and oxygen atoms in total. The van der Waals surface area contributed by atoms with Gasteiger partial charge in [-0.15, -0.1) is 6.58 Å². The maximum atomic E-state index is 3.81. The van der Waals surface area contributed by atoms with Gasteiger partial charge in [0.1, 0.15) is 0 Å². The van der Waals surface area contributed by atoms with Crippen molar-refractivity contribution in [2.75, 3.05) is 31.1 Å². The van der Waals surface area contributed by atoms with Crippen molar-refractivity contribution in [2.24, 2.45) is 5.92 Å². The Morgan fingerprint density at radius 3 is 2.81 bits per heavy atom. The minimum absolute atomic E-state index is 0.533. The standard InChI is InChI=1S/C18H26N2S/c1-2-11-21-12-10-20-14-17(15-8-9-15)19-13-18(20)16-6-4-3-5-7-16/h2-7,15,17-19H,1,8-14H2. The van der Waals surface area contributed by atoms with Crippen molar-refractivity contribution in [1.29, 1.82) is 0 Å². The minimum atomic E-state index is 0.533. The van der Waals surface area contributed by atoms with Gasteiger partial charge < -0.3 is 5.32 Å². The number of nitrogens with zero attached hydrogens (tertiary/aromatic N) is 1. The molecule has 1 aromatic carbocycles. The van der Waals surface area contributed by atoms with E-state index in [1.54, 1.807) is 0 Å². The molecular formula is C18H26N2S. The molecule has 1 heterocycles. The summed E-state index contributed by atoms with van der Waals surface area (Å²) in [6.45, 7) is 7.29. The summed E-state index contributed by atoms with van der Waals surface area (Å²) in [5.74, 6) is 3.20. The predicted octanol–water partition coefficient (Wildman–Crippen LogP) is 3.33. The van der Waals surface area contributed by atoms with E-state index in [-0.39, 0.29) is 0 Å². The van der Waals surface area contributed by atoms with E-state index in [4.69, 9.17) is 0 Å². The molecule has 2 fully saturated rings. The van der Waals surface area contributed by atoms with Crippen molar-refractivity contribution in [1.82, 2.24) is 10.2 Å². The molecule has 1 aliphatic carbocycles. The number of rotatable bonds is 7. The zero-order valence-electron chi connectivity index (χ0n) is 12.7. The average Bonchev–Trinajstić information content (AvgIpc) is 3.37. The molecule has 114 valence electrons. The van der Waals surface area contributed by atoms with Gasteiger partial charge in [0.25, 0.3) is 0 Å². The van der Waals surface area contributed by atoms with Gasteiger partial charge in [0.05, 0.1) is 0 Å². The Morgan fingerprint density at radius 2 is 2.10 bits per heavy atom. The summed E-state index contributed by atoms with van der Waals surface area (Å²) in [5, 5.41) is 3.80. The lowest BCUT2D eigenvalue weighted by Crippen LogP contribution is -2.53. The Balaban J connectivity index is 1.63. The van der Waals surface area contributed by atoms with Gasteiger partial charge in [0, 0.05) is 43.2 Å². The zero-order valence-corrected chi connectivity index (χ0v) is 13.5. The van der Waals surface area contributed by atoms with Crippen LogP contribution in [0, 0.1) is 5.92 Å². The maximum absolute atomic E-state index is 3.81. The third kappa shape index (κ3) is 4.12. The van der Waals surface area contributed by atoms with Crippen LogP contribution in [0.3, 0.4) is 0 Å². The molecule has 1 saturated carbocycles. The lowest BCUT2D eigenvalue weighted by molar-refractivity contribution is 0.130. The van der Waals surface area contributed by atoms with Crippen molar-refractivity contribution in [3.05, 3.63) is 48.6 Å². The van der Waals surface area contributed by atoms with E-state index in [0.29, 0.717) is 6.04 Å². The monoisotopic (exact) mass is 302 g/mol. The Kier molecular flexibility index (Phi) is 5.39. The minimum Gasteiger partial charge on any atom is -0.311 e. The molecule has 3 heteroatoms. The summed E-state index contributed by atoms with van der Waals surface area (Å²) < 4.78 is 0. The van der Waals surface area contributed by atoms with Gasteiger partial charge in [0.2, 0.25) is 0 Å². The third-order valence-corrected chi connectivity index (χ3v) is 5.52. The largest absolute Gasteiger partial charge is 0.311 e. The van der Waals surface area contributed by atoms with E-state index in [9.17, 15) is 0 Å². The topological polar surface area (TPSA) is 15.3 Å². The van der Waals surface area contributed by atoms with Crippen molar-refractivity contribution >= 4 is 11.8 Å². The first-order valence-electron chi connectivity index (χ1n) is 8.09. The summed E-state index contributed by atoms with van der Waals surface area (Å²) in [4.78, 5) is 2.70. The number of benzene rings is 1. The normalized spacial score (nSPS) is 26.7. The van der Waals surface area contributed by atoms with Crippen LogP contribution in [0.1, 0.15) is 24.4 Å². The van der Waals surface area contributed by atoms with Crippen LogP contribution in [-0.4, -0.2) is 42.1 Å². The van der Waals surface area contributed by atoms with Crippen LogP contribution in [-0.2, 0) is 0 Å². The molecule has 1 N–H and O–H groups in total. The first-order valence-corrected chi connectivity index (χ1v) is 9.25. The third-order valence-electron chi connectivity index (χ3n) is 4.58. The van der Waals surface area contributed by atoms with Gasteiger partial charge >= 0.3 is 0 Å². The van der Waals surface area contributed by atoms with E-state index in [1.807, 2.05) is 17.8 Å². The maximum Gasteiger partial charge on any atom is 0.0473 e. The Morgan fingerprint density at radius 1 is 1.29 bits per heavy atom. The molecule has 1 saturated heterocycles. The fraction of sp³-hybridized carbons (Fsp3) is 0.556. The van der Waals surface area contributed by atoms with E-state index >= 15 is 0 Å². The molecule has 1 aliphatic heterocycles. The molecule has 2 aliphatic rings. The first kappa shape index (κ1) is 15.1. The molecule has 0 aromatic heterocycles. The molecule has 0 radical (unpaired) electrons. The lowest BCUT2D eigenvalue weighted by atomic mass is 9.99. The summed E-state index contributed by atoms with van der Waals surface area (Å²) in [7, 11) is 0. The van der Waals surface area contributed by atoms with Gasteiger partial charge in [0.15, 0.2) is 0 Å². The SMILES string of the molecule is C=CCSCCN1CC(C2CC2)NCC1c1ccccc1. The van der Waals surface area contributed by atoms with Crippen LogP contribution >= 0.6 is 11.8 Å². The number of hydrogen-bond donors (Lipinski definition) is 1. The van der Waals surface area contributed by atoms with Crippen LogP contribution in [0.2, 0.25) is 0 Å².